The SMILES string of the molecule is COCC(Cl)CN(C)C(=O)c1cccnc1OC. The second kappa shape index (κ2) is 7.18. The fourth-order valence-corrected chi connectivity index (χ4v) is 1.87. The van der Waals surface area contributed by atoms with E-state index in [4.69, 9.17) is 21.1 Å². The van der Waals surface area contributed by atoms with Gasteiger partial charge >= 0.3 is 0 Å². The summed E-state index contributed by atoms with van der Waals surface area (Å²) in [6, 6.07) is 3.36. The topological polar surface area (TPSA) is 51.7 Å². The van der Waals surface area contributed by atoms with Crippen LogP contribution < -0.4 is 4.74 Å². The van der Waals surface area contributed by atoms with Crippen molar-refractivity contribution in [1.82, 2.24) is 9.88 Å². The van der Waals surface area contributed by atoms with Crippen LogP contribution in [0.15, 0.2) is 18.3 Å². The Bertz CT molecular complexity index is 401. The zero-order valence-electron chi connectivity index (χ0n) is 10.7. The molecule has 1 atom stereocenters. The van der Waals surface area contributed by atoms with Gasteiger partial charge in [-0.25, -0.2) is 4.98 Å². The van der Waals surface area contributed by atoms with Gasteiger partial charge in [-0.2, -0.15) is 0 Å². The largest absolute Gasteiger partial charge is 0.480 e. The lowest BCUT2D eigenvalue weighted by Gasteiger charge is -2.20. The first-order chi connectivity index (χ1) is 8.60. The Hall–Kier alpha value is -1.33. The van der Waals surface area contributed by atoms with Crippen molar-refractivity contribution < 1.29 is 14.3 Å². The Kier molecular flexibility index (Phi) is 5.88. The number of hydrogen-bond donors (Lipinski definition) is 0. The third kappa shape index (κ3) is 3.85. The summed E-state index contributed by atoms with van der Waals surface area (Å²) in [7, 11) is 4.73. The lowest BCUT2D eigenvalue weighted by Crippen LogP contribution is -2.34. The Balaban J connectivity index is 2.74. The number of pyridine rings is 1. The van der Waals surface area contributed by atoms with Crippen molar-refractivity contribution in [1.29, 1.82) is 0 Å². The standard InChI is InChI=1S/C12H17ClN2O3/c1-15(7-9(13)8-17-2)12(16)10-5-4-6-14-11(10)18-3/h4-6,9H,7-8H2,1-3H3. The molecule has 1 amide bonds. The van der Waals surface area contributed by atoms with Gasteiger partial charge in [0.25, 0.3) is 5.91 Å². The Morgan fingerprint density at radius 1 is 1.56 bits per heavy atom. The number of ether oxygens (including phenoxy) is 2. The minimum Gasteiger partial charge on any atom is -0.480 e. The van der Waals surface area contributed by atoms with E-state index in [1.165, 1.54) is 12.0 Å². The quantitative estimate of drug-likeness (QED) is 0.735. The number of alkyl halides is 1. The van der Waals surface area contributed by atoms with Crippen LogP contribution in [0.1, 0.15) is 10.4 Å². The zero-order chi connectivity index (χ0) is 13.5. The van der Waals surface area contributed by atoms with E-state index in [1.54, 1.807) is 32.5 Å². The van der Waals surface area contributed by atoms with Gasteiger partial charge in [-0.3, -0.25) is 4.79 Å². The molecule has 0 N–H and O–H groups in total. The predicted molar refractivity (Wildman–Crippen MR) is 69.3 cm³/mol. The molecule has 5 nitrogen and oxygen atoms in total. The van der Waals surface area contributed by atoms with E-state index in [1.807, 2.05) is 0 Å². The Labute approximate surface area is 112 Å². The monoisotopic (exact) mass is 272 g/mol. The first-order valence-corrected chi connectivity index (χ1v) is 5.91. The molecular weight excluding hydrogens is 256 g/mol. The minimum absolute atomic E-state index is 0.179. The maximum Gasteiger partial charge on any atom is 0.259 e. The summed E-state index contributed by atoms with van der Waals surface area (Å²) in [4.78, 5) is 17.7. The zero-order valence-corrected chi connectivity index (χ0v) is 11.5. The highest BCUT2D eigenvalue weighted by molar-refractivity contribution is 6.21. The molecule has 1 aromatic rings. The molecule has 1 unspecified atom stereocenters. The van der Waals surface area contributed by atoms with E-state index in [9.17, 15) is 4.79 Å². The van der Waals surface area contributed by atoms with Crippen LogP contribution in [0.4, 0.5) is 0 Å². The second-order valence-electron chi connectivity index (χ2n) is 3.80. The summed E-state index contributed by atoms with van der Waals surface area (Å²) >= 11 is 6.02. The molecule has 0 spiro atoms. The Morgan fingerprint density at radius 3 is 2.89 bits per heavy atom. The van der Waals surface area contributed by atoms with Crippen LogP contribution in [0.3, 0.4) is 0 Å². The maximum atomic E-state index is 12.2. The number of carbonyl (C=O) groups excluding carboxylic acids is 1. The lowest BCUT2D eigenvalue weighted by molar-refractivity contribution is 0.0777. The third-order valence-electron chi connectivity index (χ3n) is 2.36. The van der Waals surface area contributed by atoms with Crippen LogP contribution in [0.25, 0.3) is 0 Å². The number of aromatic nitrogens is 1. The highest BCUT2D eigenvalue weighted by Gasteiger charge is 2.19. The van der Waals surface area contributed by atoms with Crippen LogP contribution >= 0.6 is 11.6 Å². The van der Waals surface area contributed by atoms with Gasteiger partial charge in [-0.1, -0.05) is 0 Å². The summed E-state index contributed by atoms with van der Waals surface area (Å²) in [5.41, 5.74) is 0.420. The maximum absolute atomic E-state index is 12.2. The van der Waals surface area contributed by atoms with Crippen LogP contribution in [-0.2, 0) is 4.74 Å². The van der Waals surface area contributed by atoms with Crippen molar-refractivity contribution in [3.05, 3.63) is 23.9 Å². The molecule has 1 rings (SSSR count). The smallest absolute Gasteiger partial charge is 0.259 e. The average molecular weight is 273 g/mol. The van der Waals surface area contributed by atoms with Gasteiger partial charge in [0.15, 0.2) is 0 Å². The molecule has 0 bridgehead atoms. The van der Waals surface area contributed by atoms with Crippen LogP contribution in [0.5, 0.6) is 5.88 Å². The normalized spacial score (nSPS) is 12.0. The molecule has 18 heavy (non-hydrogen) atoms. The van der Waals surface area contributed by atoms with Crippen molar-refractivity contribution in [2.45, 2.75) is 5.38 Å². The number of halogens is 1. The van der Waals surface area contributed by atoms with E-state index < -0.39 is 0 Å². The highest BCUT2D eigenvalue weighted by Crippen LogP contribution is 2.16. The molecule has 0 aliphatic rings. The first kappa shape index (κ1) is 14.7. The molecular formula is C12H17ClN2O3. The van der Waals surface area contributed by atoms with E-state index in [0.717, 1.165) is 0 Å². The number of amides is 1. The second-order valence-corrected chi connectivity index (χ2v) is 4.42. The molecule has 0 fully saturated rings. The molecule has 6 heteroatoms. The molecule has 100 valence electrons. The fraction of sp³-hybridized carbons (Fsp3) is 0.500. The fourth-order valence-electron chi connectivity index (χ4n) is 1.54. The van der Waals surface area contributed by atoms with Crippen LogP contribution in [-0.4, -0.2) is 55.6 Å². The summed E-state index contributed by atoms with van der Waals surface area (Å²) in [6.07, 6.45) is 1.57. The van der Waals surface area contributed by atoms with E-state index >= 15 is 0 Å². The Morgan fingerprint density at radius 2 is 2.28 bits per heavy atom. The van der Waals surface area contributed by atoms with Crippen LogP contribution in [0.2, 0.25) is 0 Å². The van der Waals surface area contributed by atoms with E-state index in [-0.39, 0.29) is 11.3 Å². The van der Waals surface area contributed by atoms with E-state index in [2.05, 4.69) is 4.98 Å². The molecule has 1 heterocycles. The van der Waals surface area contributed by atoms with Crippen molar-refractivity contribution >= 4 is 17.5 Å². The summed E-state index contributed by atoms with van der Waals surface area (Å²) in [5, 5.41) is -0.244. The number of methoxy groups -OCH3 is 2. The van der Waals surface area contributed by atoms with Crippen molar-refractivity contribution in [3.63, 3.8) is 0 Å². The number of hydrogen-bond acceptors (Lipinski definition) is 4. The van der Waals surface area contributed by atoms with Gasteiger partial charge in [0.05, 0.1) is 19.1 Å². The van der Waals surface area contributed by atoms with Gasteiger partial charge in [-0.05, 0) is 12.1 Å². The molecule has 1 aromatic heterocycles. The minimum atomic E-state index is -0.244. The summed E-state index contributed by atoms with van der Waals surface area (Å²) < 4.78 is 9.98. The first-order valence-electron chi connectivity index (χ1n) is 5.47. The number of nitrogens with zero attached hydrogens (tertiary/aromatic N) is 2. The predicted octanol–water partition coefficient (Wildman–Crippen LogP) is 1.42. The van der Waals surface area contributed by atoms with Crippen molar-refractivity contribution in [2.24, 2.45) is 0 Å². The molecule has 0 aliphatic heterocycles. The van der Waals surface area contributed by atoms with Gasteiger partial charge in [-0.15, -0.1) is 11.6 Å². The molecule has 0 saturated carbocycles. The van der Waals surface area contributed by atoms with Gasteiger partial charge in [0.1, 0.15) is 5.56 Å². The summed E-state index contributed by atoms with van der Waals surface area (Å²) in [5.74, 6) is 0.133. The molecule has 0 aromatic carbocycles. The highest BCUT2D eigenvalue weighted by atomic mass is 35.5. The average Bonchev–Trinajstić information content (AvgIpc) is 2.38. The van der Waals surface area contributed by atoms with Gasteiger partial charge in [0.2, 0.25) is 5.88 Å². The molecule has 0 radical (unpaired) electrons. The summed E-state index contributed by atoms with van der Waals surface area (Å²) in [6.45, 7) is 0.787. The van der Waals surface area contributed by atoms with Crippen molar-refractivity contribution in [2.75, 3.05) is 34.4 Å². The molecule has 0 saturated heterocycles. The van der Waals surface area contributed by atoms with Crippen LogP contribution in [0, 0.1) is 0 Å². The molecule has 0 aliphatic carbocycles. The van der Waals surface area contributed by atoms with Gasteiger partial charge in [0, 0.05) is 26.9 Å². The van der Waals surface area contributed by atoms with E-state index in [0.29, 0.717) is 24.6 Å². The number of carbonyl (C=O) groups is 1. The lowest BCUT2D eigenvalue weighted by atomic mass is 10.2. The van der Waals surface area contributed by atoms with Gasteiger partial charge < -0.3 is 14.4 Å². The third-order valence-corrected chi connectivity index (χ3v) is 2.63. The number of rotatable bonds is 6. The van der Waals surface area contributed by atoms with Crippen molar-refractivity contribution in [3.8, 4) is 5.88 Å².